The van der Waals surface area contributed by atoms with Gasteiger partial charge in [-0.05, 0) is 25.1 Å². The van der Waals surface area contributed by atoms with Crippen LogP contribution in [-0.4, -0.2) is 16.2 Å². The maximum Gasteiger partial charge on any atom is 0.244 e. The van der Waals surface area contributed by atoms with Crippen LogP contribution < -0.4 is 5.43 Å². The number of nitrogens with one attached hydrogen (secondary N) is 1. The van der Waals surface area contributed by atoms with Crippen molar-refractivity contribution in [3.8, 4) is 11.3 Å². The zero-order chi connectivity index (χ0) is 16.9. The Kier molecular flexibility index (Phi) is 5.08. The van der Waals surface area contributed by atoms with Crippen LogP contribution in [0.15, 0.2) is 59.7 Å². The number of aromatic nitrogens is 2. The number of hydrogen-bond acceptors (Lipinski definition) is 4. The lowest BCUT2D eigenvalue weighted by molar-refractivity contribution is 1.08. The monoisotopic (exact) mass is 356 g/mol. The van der Waals surface area contributed by atoms with E-state index in [1.54, 1.807) is 24.4 Å². The van der Waals surface area contributed by atoms with E-state index in [9.17, 15) is 0 Å². The van der Waals surface area contributed by atoms with E-state index in [1.807, 2.05) is 43.3 Å². The smallest absolute Gasteiger partial charge is 0.244 e. The van der Waals surface area contributed by atoms with E-state index < -0.39 is 0 Å². The minimum absolute atomic E-state index is 0.410. The average molecular weight is 357 g/mol. The highest BCUT2D eigenvalue weighted by atomic mass is 35.5. The molecule has 120 valence electrons. The molecule has 0 bridgehead atoms. The Balaban J connectivity index is 1.83. The van der Waals surface area contributed by atoms with Gasteiger partial charge in [-0.2, -0.15) is 5.10 Å². The molecule has 2 aromatic carbocycles. The number of hydrogen-bond donors (Lipinski definition) is 1. The lowest BCUT2D eigenvalue weighted by Gasteiger charge is -2.06. The fourth-order valence-electron chi connectivity index (χ4n) is 2.16. The van der Waals surface area contributed by atoms with E-state index >= 15 is 0 Å². The van der Waals surface area contributed by atoms with Gasteiger partial charge in [-0.15, -0.1) is 0 Å². The van der Waals surface area contributed by atoms with Crippen LogP contribution in [0.1, 0.15) is 11.3 Å². The molecule has 4 nitrogen and oxygen atoms in total. The maximum absolute atomic E-state index is 6.11. The zero-order valence-corrected chi connectivity index (χ0v) is 14.4. The summed E-state index contributed by atoms with van der Waals surface area (Å²) in [6.07, 6.45) is 1.55. The molecule has 3 aromatic rings. The van der Waals surface area contributed by atoms with E-state index in [-0.39, 0.29) is 0 Å². The summed E-state index contributed by atoms with van der Waals surface area (Å²) < 4.78 is 0. The van der Waals surface area contributed by atoms with Crippen molar-refractivity contribution in [3.63, 3.8) is 0 Å². The molecule has 0 saturated carbocycles. The lowest BCUT2D eigenvalue weighted by Crippen LogP contribution is -2.00. The second-order valence-electron chi connectivity index (χ2n) is 5.09. The third kappa shape index (κ3) is 3.91. The van der Waals surface area contributed by atoms with E-state index in [4.69, 9.17) is 23.2 Å². The van der Waals surface area contributed by atoms with Gasteiger partial charge >= 0.3 is 0 Å². The number of hydrazone groups is 1. The summed E-state index contributed by atoms with van der Waals surface area (Å²) in [7, 11) is 0. The van der Waals surface area contributed by atoms with Crippen molar-refractivity contribution in [1.29, 1.82) is 0 Å². The second-order valence-corrected chi connectivity index (χ2v) is 5.90. The third-order valence-electron chi connectivity index (χ3n) is 3.28. The number of rotatable bonds is 4. The first-order valence-corrected chi connectivity index (χ1v) is 8.03. The standard InChI is InChI=1S/C18H14Cl2N4/c1-12-10-17(13-6-3-2-4-7-13)23-18(22-12)24-21-11-14-15(19)8-5-9-16(14)20/h2-11H,1H3,(H,22,23,24). The number of aryl methyl sites for hydroxylation is 1. The first kappa shape index (κ1) is 16.4. The van der Waals surface area contributed by atoms with Crippen LogP contribution in [0, 0.1) is 6.92 Å². The highest BCUT2D eigenvalue weighted by Crippen LogP contribution is 2.22. The summed E-state index contributed by atoms with van der Waals surface area (Å²) in [6, 6.07) is 17.1. The van der Waals surface area contributed by atoms with Gasteiger partial charge in [0, 0.05) is 16.8 Å². The van der Waals surface area contributed by atoms with E-state index in [2.05, 4.69) is 20.5 Å². The van der Waals surface area contributed by atoms with Crippen molar-refractivity contribution in [3.05, 3.63) is 75.9 Å². The maximum atomic E-state index is 6.11. The van der Waals surface area contributed by atoms with Crippen molar-refractivity contribution in [2.75, 3.05) is 5.43 Å². The highest BCUT2D eigenvalue weighted by Gasteiger charge is 2.05. The number of benzene rings is 2. The number of nitrogens with zero attached hydrogens (tertiary/aromatic N) is 3. The summed E-state index contributed by atoms with van der Waals surface area (Å²) in [5, 5.41) is 5.20. The zero-order valence-electron chi connectivity index (χ0n) is 12.9. The molecule has 24 heavy (non-hydrogen) atoms. The van der Waals surface area contributed by atoms with Crippen LogP contribution in [0.4, 0.5) is 5.95 Å². The molecule has 0 atom stereocenters. The summed E-state index contributed by atoms with van der Waals surface area (Å²) in [5.41, 5.74) is 6.16. The molecule has 0 fully saturated rings. The highest BCUT2D eigenvalue weighted by molar-refractivity contribution is 6.38. The Labute approximate surface area is 150 Å². The molecule has 0 saturated heterocycles. The summed E-state index contributed by atoms with van der Waals surface area (Å²) in [4.78, 5) is 8.81. The van der Waals surface area contributed by atoms with Gasteiger partial charge < -0.3 is 0 Å². The minimum atomic E-state index is 0.410. The number of anilines is 1. The SMILES string of the molecule is Cc1cc(-c2ccccc2)nc(NN=Cc2c(Cl)cccc2Cl)n1. The molecule has 3 rings (SSSR count). The Morgan fingerprint density at radius 2 is 1.67 bits per heavy atom. The first-order chi connectivity index (χ1) is 11.6. The molecule has 0 spiro atoms. The quantitative estimate of drug-likeness (QED) is 0.515. The van der Waals surface area contributed by atoms with Crippen LogP contribution >= 0.6 is 23.2 Å². The first-order valence-electron chi connectivity index (χ1n) is 7.27. The summed E-state index contributed by atoms with van der Waals surface area (Å²) in [5.74, 6) is 0.410. The summed E-state index contributed by atoms with van der Waals surface area (Å²) in [6.45, 7) is 1.91. The van der Waals surface area contributed by atoms with E-state index in [1.165, 1.54) is 0 Å². The lowest BCUT2D eigenvalue weighted by atomic mass is 10.1. The molecule has 0 aliphatic heterocycles. The summed E-state index contributed by atoms with van der Waals surface area (Å²) >= 11 is 12.2. The molecule has 1 N–H and O–H groups in total. The van der Waals surface area contributed by atoms with Crippen molar-refractivity contribution in [1.82, 2.24) is 9.97 Å². The van der Waals surface area contributed by atoms with Crippen molar-refractivity contribution in [2.24, 2.45) is 5.10 Å². The Hall–Kier alpha value is -2.43. The predicted molar refractivity (Wildman–Crippen MR) is 99.9 cm³/mol. The molecule has 1 aromatic heterocycles. The van der Waals surface area contributed by atoms with Crippen molar-refractivity contribution >= 4 is 35.4 Å². The molecule has 0 unspecified atom stereocenters. The van der Waals surface area contributed by atoms with Crippen LogP contribution in [0.3, 0.4) is 0 Å². The Morgan fingerprint density at radius 3 is 2.38 bits per heavy atom. The second kappa shape index (κ2) is 7.43. The number of halogens is 2. The molecular formula is C18H14Cl2N4. The fourth-order valence-corrected chi connectivity index (χ4v) is 2.66. The fraction of sp³-hybridized carbons (Fsp3) is 0.0556. The molecule has 0 aliphatic carbocycles. The largest absolute Gasteiger partial charge is 0.245 e. The molecule has 0 aliphatic rings. The van der Waals surface area contributed by atoms with Gasteiger partial charge in [0.05, 0.1) is 22.0 Å². The molecule has 6 heteroatoms. The minimum Gasteiger partial charge on any atom is -0.245 e. The Morgan fingerprint density at radius 1 is 0.958 bits per heavy atom. The van der Waals surface area contributed by atoms with Gasteiger partial charge in [-0.1, -0.05) is 59.6 Å². The predicted octanol–water partition coefficient (Wildman–Crippen LogP) is 5.20. The van der Waals surface area contributed by atoms with Crippen LogP contribution in [0.5, 0.6) is 0 Å². The van der Waals surface area contributed by atoms with Gasteiger partial charge in [0.25, 0.3) is 0 Å². The molecular weight excluding hydrogens is 343 g/mol. The third-order valence-corrected chi connectivity index (χ3v) is 3.94. The van der Waals surface area contributed by atoms with Gasteiger partial charge in [0.1, 0.15) is 0 Å². The Bertz CT molecular complexity index is 859. The normalized spacial score (nSPS) is 11.0. The average Bonchev–Trinajstić information content (AvgIpc) is 2.58. The molecule has 0 radical (unpaired) electrons. The van der Waals surface area contributed by atoms with Gasteiger partial charge in [0.2, 0.25) is 5.95 Å². The van der Waals surface area contributed by atoms with Crippen molar-refractivity contribution < 1.29 is 0 Å². The van der Waals surface area contributed by atoms with Crippen LogP contribution in [0.2, 0.25) is 10.0 Å². The van der Waals surface area contributed by atoms with Crippen LogP contribution in [-0.2, 0) is 0 Å². The van der Waals surface area contributed by atoms with Crippen molar-refractivity contribution in [2.45, 2.75) is 6.92 Å². The van der Waals surface area contributed by atoms with Gasteiger partial charge in [-0.3, -0.25) is 0 Å². The molecule has 0 amide bonds. The van der Waals surface area contributed by atoms with Gasteiger partial charge in [0.15, 0.2) is 0 Å². The van der Waals surface area contributed by atoms with E-state index in [0.29, 0.717) is 21.6 Å². The molecule has 1 heterocycles. The van der Waals surface area contributed by atoms with Crippen LogP contribution in [0.25, 0.3) is 11.3 Å². The topological polar surface area (TPSA) is 50.2 Å². The van der Waals surface area contributed by atoms with Gasteiger partial charge in [-0.25, -0.2) is 15.4 Å². The van der Waals surface area contributed by atoms with E-state index in [0.717, 1.165) is 17.0 Å².